The summed E-state index contributed by atoms with van der Waals surface area (Å²) in [6.07, 6.45) is 0. The number of ether oxygens (including phenoxy) is 2. The van der Waals surface area contributed by atoms with Crippen LogP contribution in [0.15, 0.2) is 57.7 Å². The van der Waals surface area contributed by atoms with Gasteiger partial charge in [0, 0.05) is 28.3 Å². The van der Waals surface area contributed by atoms with Gasteiger partial charge in [-0.3, -0.25) is 4.79 Å². The van der Waals surface area contributed by atoms with Crippen molar-refractivity contribution in [3.63, 3.8) is 0 Å². The van der Waals surface area contributed by atoms with E-state index in [0.29, 0.717) is 29.0 Å². The number of rotatable bonds is 4. The molecule has 2 aromatic rings. The maximum Gasteiger partial charge on any atom is 0.336 e. The monoisotopic (exact) mass is 579 g/mol. The van der Waals surface area contributed by atoms with E-state index in [9.17, 15) is 9.59 Å². The third-order valence-electron chi connectivity index (χ3n) is 5.30. The zero-order chi connectivity index (χ0) is 21.6. The van der Waals surface area contributed by atoms with Gasteiger partial charge in [0.1, 0.15) is 5.75 Å². The first kappa shape index (κ1) is 21.1. The van der Waals surface area contributed by atoms with Crippen LogP contribution in [0.4, 0.5) is 0 Å². The second kappa shape index (κ2) is 8.19. The number of nitrogens with one attached hydrogen (secondary N) is 1. The summed E-state index contributed by atoms with van der Waals surface area (Å²) in [6, 6.07) is 11.4. The predicted molar refractivity (Wildman–Crippen MR) is 126 cm³/mol. The van der Waals surface area contributed by atoms with Crippen LogP contribution >= 0.6 is 38.5 Å². The minimum atomic E-state index is -0.547. The fraction of sp³-hybridized carbons (Fsp3) is 0.217. The first-order valence-corrected chi connectivity index (χ1v) is 11.3. The van der Waals surface area contributed by atoms with Crippen LogP contribution in [-0.4, -0.2) is 25.5 Å². The number of carbonyl (C=O) groups excluding carboxylic acids is 2. The van der Waals surface area contributed by atoms with Gasteiger partial charge >= 0.3 is 5.97 Å². The highest BCUT2D eigenvalue weighted by Gasteiger charge is 2.43. The molecule has 7 heteroatoms. The molecule has 0 saturated heterocycles. The lowest BCUT2D eigenvalue weighted by Gasteiger charge is -2.29. The van der Waals surface area contributed by atoms with Crippen molar-refractivity contribution in [3.8, 4) is 5.75 Å². The molecule has 1 aliphatic carbocycles. The number of benzene rings is 2. The molecule has 0 saturated carbocycles. The van der Waals surface area contributed by atoms with E-state index in [1.165, 1.54) is 7.11 Å². The minimum Gasteiger partial charge on any atom is -0.492 e. The molecule has 0 fully saturated rings. The second-order valence-electron chi connectivity index (χ2n) is 7.00. The van der Waals surface area contributed by atoms with Gasteiger partial charge in [-0.15, -0.1) is 0 Å². The molecule has 2 aromatic carbocycles. The molecule has 1 N–H and O–H groups in total. The van der Waals surface area contributed by atoms with Gasteiger partial charge < -0.3 is 14.8 Å². The number of esters is 1. The number of carbonyl (C=O) groups is 2. The molecular weight excluding hydrogens is 561 g/mol. The van der Waals surface area contributed by atoms with Gasteiger partial charge in [-0.25, -0.2) is 4.79 Å². The molecule has 0 spiro atoms. The highest BCUT2D eigenvalue weighted by Crippen LogP contribution is 2.48. The first-order chi connectivity index (χ1) is 14.4. The summed E-state index contributed by atoms with van der Waals surface area (Å²) in [5, 5.41) is 3.29. The number of Topliss-reactive ketones (excluding diaryl/α,β-unsaturated/α-hetero) is 1. The number of ketones is 1. The van der Waals surface area contributed by atoms with Crippen LogP contribution in [-0.2, 0) is 9.53 Å². The lowest BCUT2D eigenvalue weighted by Crippen LogP contribution is -2.29. The molecule has 30 heavy (non-hydrogen) atoms. The highest BCUT2D eigenvalue weighted by atomic mass is 127. The van der Waals surface area contributed by atoms with Crippen LogP contribution in [0, 0.1) is 3.57 Å². The van der Waals surface area contributed by atoms with Gasteiger partial charge in [0.15, 0.2) is 5.78 Å². The Balaban J connectivity index is 1.95. The molecule has 0 amide bonds. The van der Waals surface area contributed by atoms with Crippen LogP contribution in [0.25, 0.3) is 5.70 Å². The van der Waals surface area contributed by atoms with E-state index in [4.69, 9.17) is 9.47 Å². The number of fused-ring (bicyclic) bond motifs is 2. The summed E-state index contributed by atoms with van der Waals surface area (Å²) in [7, 11) is 1.35. The molecule has 1 heterocycles. The van der Waals surface area contributed by atoms with E-state index in [2.05, 4.69) is 43.8 Å². The average Bonchev–Trinajstić information content (AvgIpc) is 3.01. The third kappa shape index (κ3) is 3.28. The smallest absolute Gasteiger partial charge is 0.336 e. The third-order valence-corrected chi connectivity index (χ3v) is 6.69. The van der Waals surface area contributed by atoms with Crippen LogP contribution in [0.5, 0.6) is 5.75 Å². The second-order valence-corrected chi connectivity index (χ2v) is 9.01. The number of methoxy groups -OCH3 is 1. The van der Waals surface area contributed by atoms with Crippen LogP contribution in [0.2, 0.25) is 0 Å². The summed E-state index contributed by atoms with van der Waals surface area (Å²) < 4.78 is 12.5. The SMILES string of the molecule is CCOc1c(Br)cc([C@@H]2C(C(=O)OC)=C(C)NC3=C2C(=O)c2ccccc23)cc1I. The van der Waals surface area contributed by atoms with Crippen molar-refractivity contribution < 1.29 is 19.1 Å². The maximum absolute atomic E-state index is 13.4. The van der Waals surface area contributed by atoms with Crippen molar-refractivity contribution in [1.82, 2.24) is 5.32 Å². The molecule has 1 aliphatic heterocycles. The van der Waals surface area contributed by atoms with Gasteiger partial charge in [0.05, 0.1) is 33.0 Å². The van der Waals surface area contributed by atoms with E-state index in [1.807, 2.05) is 50.2 Å². The molecule has 0 radical (unpaired) electrons. The maximum atomic E-state index is 13.4. The molecule has 0 bridgehead atoms. The minimum absolute atomic E-state index is 0.0768. The number of hydrogen-bond acceptors (Lipinski definition) is 5. The molecule has 0 aromatic heterocycles. The Labute approximate surface area is 196 Å². The molecular formula is C23H19BrINO4. The van der Waals surface area contributed by atoms with Gasteiger partial charge in [-0.05, 0) is 70.1 Å². The Morgan fingerprint density at radius 1 is 1.23 bits per heavy atom. The van der Waals surface area contributed by atoms with E-state index < -0.39 is 11.9 Å². The topological polar surface area (TPSA) is 64.6 Å². The zero-order valence-corrected chi connectivity index (χ0v) is 20.4. The standard InChI is InChI=1S/C23H19BrINO4/c1-4-30-22-15(24)9-12(10-16(22)25)18-17(23(28)29-3)11(2)26-20-13-7-5-6-8-14(13)21(27)19(18)20/h5-10,18,26H,4H2,1-3H3/t18-/m1/s1. The average molecular weight is 580 g/mol. The van der Waals surface area contributed by atoms with Crippen molar-refractivity contribution >= 4 is 56.0 Å². The van der Waals surface area contributed by atoms with Crippen LogP contribution in [0.3, 0.4) is 0 Å². The quantitative estimate of drug-likeness (QED) is 0.399. The fourth-order valence-electron chi connectivity index (χ4n) is 4.07. The van der Waals surface area contributed by atoms with Gasteiger partial charge in [-0.2, -0.15) is 0 Å². The van der Waals surface area contributed by atoms with Gasteiger partial charge in [-0.1, -0.05) is 24.3 Å². The summed E-state index contributed by atoms with van der Waals surface area (Å²) in [5.41, 5.74) is 4.74. The Hall–Kier alpha value is -2.13. The Kier molecular flexibility index (Phi) is 5.76. The van der Waals surface area contributed by atoms with E-state index in [0.717, 1.165) is 30.6 Å². The van der Waals surface area contributed by atoms with Crippen molar-refractivity contribution in [2.75, 3.05) is 13.7 Å². The molecule has 1 atom stereocenters. The normalized spacial score (nSPS) is 17.5. The molecule has 0 unspecified atom stereocenters. The first-order valence-electron chi connectivity index (χ1n) is 9.45. The summed E-state index contributed by atoms with van der Waals surface area (Å²) >= 11 is 5.80. The fourth-order valence-corrected chi connectivity index (χ4v) is 5.84. The Bertz CT molecular complexity index is 1130. The van der Waals surface area contributed by atoms with Crippen molar-refractivity contribution in [2.45, 2.75) is 19.8 Å². The van der Waals surface area contributed by atoms with E-state index in [1.54, 1.807) is 0 Å². The molecule has 4 rings (SSSR count). The number of halogens is 2. The van der Waals surface area contributed by atoms with Gasteiger partial charge in [0.2, 0.25) is 0 Å². The highest BCUT2D eigenvalue weighted by molar-refractivity contribution is 14.1. The van der Waals surface area contributed by atoms with Gasteiger partial charge in [0.25, 0.3) is 0 Å². The van der Waals surface area contributed by atoms with Crippen molar-refractivity contribution in [3.05, 3.63) is 78.0 Å². The number of allylic oxidation sites excluding steroid dienone is 2. The van der Waals surface area contributed by atoms with Crippen molar-refractivity contribution in [2.24, 2.45) is 0 Å². The molecule has 154 valence electrons. The predicted octanol–water partition coefficient (Wildman–Crippen LogP) is 5.19. The van der Waals surface area contributed by atoms with Crippen molar-refractivity contribution in [1.29, 1.82) is 0 Å². The number of hydrogen-bond donors (Lipinski definition) is 1. The summed E-state index contributed by atoms with van der Waals surface area (Å²) in [4.78, 5) is 26.2. The van der Waals surface area contributed by atoms with E-state index in [-0.39, 0.29) is 5.78 Å². The zero-order valence-electron chi connectivity index (χ0n) is 16.6. The lowest BCUT2D eigenvalue weighted by molar-refractivity contribution is -0.136. The lowest BCUT2D eigenvalue weighted by atomic mass is 9.80. The Morgan fingerprint density at radius 3 is 2.57 bits per heavy atom. The molecule has 5 nitrogen and oxygen atoms in total. The Morgan fingerprint density at radius 2 is 1.93 bits per heavy atom. The van der Waals surface area contributed by atoms with Crippen LogP contribution < -0.4 is 10.1 Å². The summed E-state index contributed by atoms with van der Waals surface area (Å²) in [5.74, 6) is -0.340. The molecule has 2 aliphatic rings. The van der Waals surface area contributed by atoms with E-state index >= 15 is 0 Å². The largest absolute Gasteiger partial charge is 0.492 e. The summed E-state index contributed by atoms with van der Waals surface area (Å²) in [6.45, 7) is 4.30. The number of dihydropyridines is 1. The van der Waals surface area contributed by atoms with Crippen LogP contribution in [0.1, 0.15) is 41.3 Å².